The molecule has 0 aromatic heterocycles. The van der Waals surface area contributed by atoms with Gasteiger partial charge in [-0.3, -0.25) is 9.10 Å². The first-order chi connectivity index (χ1) is 12.2. The highest BCUT2D eigenvalue weighted by Crippen LogP contribution is 2.37. The first-order valence-electron chi connectivity index (χ1n) is 7.33. The lowest BCUT2D eigenvalue weighted by Gasteiger charge is -2.28. The Morgan fingerprint density at radius 2 is 1.67 bits per heavy atom. The van der Waals surface area contributed by atoms with Crippen molar-refractivity contribution in [2.75, 3.05) is 27.4 Å². The summed E-state index contributed by atoms with van der Waals surface area (Å²) in [6, 6.07) is 5.41. The van der Waals surface area contributed by atoms with Crippen LogP contribution in [0, 0.1) is 0 Å². The van der Waals surface area contributed by atoms with Crippen LogP contribution in [0.25, 0.3) is 5.76 Å². The number of amides is 1. The number of nitrogens with zero attached hydrogens (tertiary/aromatic N) is 2. The molecule has 0 spiro atoms. The van der Waals surface area contributed by atoms with Crippen LogP contribution in [0.15, 0.2) is 34.9 Å². The third kappa shape index (κ3) is 5.20. The molecule has 1 aliphatic rings. The van der Waals surface area contributed by atoms with Gasteiger partial charge in [0.2, 0.25) is 5.91 Å². The van der Waals surface area contributed by atoms with E-state index in [4.69, 9.17) is 4.18 Å². The van der Waals surface area contributed by atoms with E-state index in [-0.39, 0.29) is 16.4 Å². The molecule has 0 radical (unpaired) electrons. The smallest absolute Gasteiger partial charge is 0.357 e. The zero-order chi connectivity index (χ0) is 21.2. The molecule has 1 N–H and O–H groups in total. The molecule has 1 aliphatic heterocycles. The number of carboxylic acid groups (broad SMARTS) is 1. The molecular formula is C15H20N2O8S2. The summed E-state index contributed by atoms with van der Waals surface area (Å²) in [4.78, 5) is 22.7. The Kier molecular flexibility index (Phi) is 6.62. The minimum absolute atomic E-state index is 0.0926. The molecule has 27 heavy (non-hydrogen) atoms. The lowest BCUT2D eigenvalue weighted by atomic mass is 10.1. The van der Waals surface area contributed by atoms with E-state index < -0.39 is 37.6 Å². The van der Waals surface area contributed by atoms with Crippen molar-refractivity contribution in [3.63, 3.8) is 0 Å². The molecule has 10 nitrogen and oxygen atoms in total. The zero-order valence-corrected chi connectivity index (χ0v) is 17.0. The third-order valence-electron chi connectivity index (χ3n) is 3.37. The molecule has 1 heterocycles. The highest BCUT2D eigenvalue weighted by molar-refractivity contribution is 7.89. The number of hydrogen-bond donors (Lipinski definition) is 1. The maximum Gasteiger partial charge on any atom is 0.357 e. The fraction of sp³-hybridized carbons (Fsp3) is 0.333. The van der Waals surface area contributed by atoms with Crippen LogP contribution in [-0.4, -0.2) is 70.4 Å². The quantitative estimate of drug-likeness (QED) is 0.682. The Labute approximate surface area is 157 Å². The van der Waals surface area contributed by atoms with Gasteiger partial charge >= 0.3 is 16.1 Å². The van der Waals surface area contributed by atoms with E-state index in [1.165, 1.54) is 36.1 Å². The van der Waals surface area contributed by atoms with Crippen molar-refractivity contribution in [2.45, 2.75) is 11.8 Å². The van der Waals surface area contributed by atoms with Gasteiger partial charge in [-0.25, -0.2) is 13.2 Å². The molecule has 0 aliphatic carbocycles. The van der Waals surface area contributed by atoms with E-state index in [0.717, 1.165) is 13.3 Å². The van der Waals surface area contributed by atoms with Crippen molar-refractivity contribution in [3.05, 3.63) is 35.5 Å². The van der Waals surface area contributed by atoms with Crippen molar-refractivity contribution >= 4 is 37.8 Å². The lowest BCUT2D eigenvalue weighted by Crippen LogP contribution is -2.35. The molecule has 0 unspecified atom stereocenters. The summed E-state index contributed by atoms with van der Waals surface area (Å²) in [7, 11) is -3.66. The topological polar surface area (TPSA) is 138 Å². The molecule has 1 amide bonds. The van der Waals surface area contributed by atoms with E-state index in [9.17, 15) is 31.5 Å². The van der Waals surface area contributed by atoms with Crippen LogP contribution < -0.4 is 0 Å². The SMILES string of the molecule is CC(=O)N(C)C.CN1C(C(=O)O)=C(OS(C)(=O)=O)c2ccccc2S1(=O)=O. The standard InChI is InChI=1S/C11H11NO7S2.C4H9NO/c1-12-9(11(13)14)10(19-20(2,15)16)7-5-3-4-6-8(7)21(12,17)18;1-4(6)5(2)3/h3-6H,1-2H3,(H,13,14);1-3H3. The maximum atomic E-state index is 12.3. The predicted molar refractivity (Wildman–Crippen MR) is 96.2 cm³/mol. The zero-order valence-electron chi connectivity index (χ0n) is 15.3. The largest absolute Gasteiger partial charge is 0.476 e. The van der Waals surface area contributed by atoms with Crippen LogP contribution in [0.1, 0.15) is 12.5 Å². The number of carbonyl (C=O) groups excluding carboxylic acids is 1. The maximum absolute atomic E-state index is 12.3. The van der Waals surface area contributed by atoms with Gasteiger partial charge in [-0.15, -0.1) is 0 Å². The van der Waals surface area contributed by atoms with Crippen molar-refractivity contribution in [1.29, 1.82) is 0 Å². The second kappa shape index (κ2) is 7.96. The molecule has 0 saturated carbocycles. The monoisotopic (exact) mass is 420 g/mol. The van der Waals surface area contributed by atoms with Gasteiger partial charge in [-0.1, -0.05) is 12.1 Å². The van der Waals surface area contributed by atoms with Crippen molar-refractivity contribution in [2.24, 2.45) is 0 Å². The van der Waals surface area contributed by atoms with Crippen molar-refractivity contribution in [1.82, 2.24) is 9.21 Å². The summed E-state index contributed by atoms with van der Waals surface area (Å²) in [5.74, 6) is -2.05. The Morgan fingerprint density at radius 3 is 2.07 bits per heavy atom. The number of benzene rings is 1. The first kappa shape index (κ1) is 22.4. The Balaban J connectivity index is 0.000000527. The average molecular weight is 420 g/mol. The average Bonchev–Trinajstić information content (AvgIpc) is 2.52. The third-order valence-corrected chi connectivity index (χ3v) is 5.65. The highest BCUT2D eigenvalue weighted by Gasteiger charge is 2.39. The van der Waals surface area contributed by atoms with Crippen LogP contribution in [0.5, 0.6) is 0 Å². The molecule has 1 aromatic rings. The van der Waals surface area contributed by atoms with Crippen LogP contribution >= 0.6 is 0 Å². The predicted octanol–water partition coefficient (Wildman–Crippen LogP) is 0.145. The highest BCUT2D eigenvalue weighted by atomic mass is 32.2. The number of rotatable bonds is 3. The van der Waals surface area contributed by atoms with Gasteiger partial charge in [0.25, 0.3) is 10.0 Å². The van der Waals surface area contributed by atoms with Crippen LogP contribution in [0.4, 0.5) is 0 Å². The van der Waals surface area contributed by atoms with Gasteiger partial charge in [0, 0.05) is 33.6 Å². The number of hydrogen-bond acceptors (Lipinski definition) is 7. The number of carboxylic acids is 1. The second-order valence-corrected chi connectivity index (χ2v) is 9.17. The molecule has 12 heteroatoms. The summed E-state index contributed by atoms with van der Waals surface area (Å²) >= 11 is 0. The fourth-order valence-electron chi connectivity index (χ4n) is 1.88. The normalized spacial score (nSPS) is 15.2. The number of carbonyl (C=O) groups is 2. The van der Waals surface area contributed by atoms with Gasteiger partial charge in [0.15, 0.2) is 11.5 Å². The Morgan fingerprint density at radius 1 is 1.19 bits per heavy atom. The molecule has 0 atom stereocenters. The summed E-state index contributed by atoms with van der Waals surface area (Å²) in [6.45, 7) is 1.53. The number of aliphatic carboxylic acids is 1. The Bertz CT molecular complexity index is 994. The van der Waals surface area contributed by atoms with Crippen molar-refractivity contribution < 1.29 is 35.7 Å². The van der Waals surface area contributed by atoms with Crippen LogP contribution in [0.3, 0.4) is 0 Å². The number of likely N-dealkylation sites (N-methyl/N-ethyl adjacent to an activating group) is 1. The molecule has 1 aromatic carbocycles. The van der Waals surface area contributed by atoms with Gasteiger partial charge in [0.05, 0.1) is 11.2 Å². The van der Waals surface area contributed by atoms with E-state index in [0.29, 0.717) is 4.31 Å². The van der Waals surface area contributed by atoms with Crippen molar-refractivity contribution in [3.8, 4) is 0 Å². The minimum Gasteiger partial charge on any atom is -0.476 e. The van der Waals surface area contributed by atoms with Gasteiger partial charge < -0.3 is 14.2 Å². The number of sulfonamides is 1. The first-order valence-corrected chi connectivity index (χ1v) is 10.6. The fourth-order valence-corrected chi connectivity index (χ4v) is 3.74. The van der Waals surface area contributed by atoms with E-state index in [1.54, 1.807) is 14.1 Å². The van der Waals surface area contributed by atoms with Crippen LogP contribution in [0.2, 0.25) is 0 Å². The number of fused-ring (bicyclic) bond motifs is 1. The Hall–Kier alpha value is -2.60. The van der Waals surface area contributed by atoms with Gasteiger partial charge in [-0.2, -0.15) is 8.42 Å². The lowest BCUT2D eigenvalue weighted by molar-refractivity contribution is -0.133. The molecular weight excluding hydrogens is 400 g/mol. The molecule has 0 bridgehead atoms. The molecule has 0 saturated heterocycles. The summed E-state index contributed by atoms with van der Waals surface area (Å²) in [6.07, 6.45) is 0.741. The second-order valence-electron chi connectivity index (χ2n) is 5.65. The molecule has 150 valence electrons. The van der Waals surface area contributed by atoms with Gasteiger partial charge in [-0.05, 0) is 12.1 Å². The summed E-state index contributed by atoms with van der Waals surface area (Å²) in [5, 5.41) is 9.19. The van der Waals surface area contributed by atoms with E-state index >= 15 is 0 Å². The summed E-state index contributed by atoms with van der Waals surface area (Å²) < 4.78 is 52.4. The minimum atomic E-state index is -4.08. The van der Waals surface area contributed by atoms with E-state index in [1.807, 2.05) is 0 Å². The van der Waals surface area contributed by atoms with Crippen LogP contribution in [-0.2, 0) is 33.9 Å². The molecule has 2 rings (SSSR count). The summed E-state index contributed by atoms with van der Waals surface area (Å²) in [5.41, 5.74) is -0.877. The molecule has 0 fully saturated rings. The van der Waals surface area contributed by atoms with Gasteiger partial charge in [0.1, 0.15) is 0 Å². The van der Waals surface area contributed by atoms with E-state index in [2.05, 4.69) is 0 Å².